The standard InChI is InChI=1S/C18H24N2O/c1-14(2)21-17-11-16(12-20-13-17)18(19)10-6-9-15-7-4-3-5-8-15/h3-5,7-8,11-14,18H,6,9-10,19H2,1-2H3. The third-order valence-corrected chi connectivity index (χ3v) is 3.36. The Hall–Kier alpha value is -1.87. The van der Waals surface area contributed by atoms with Gasteiger partial charge in [-0.15, -0.1) is 0 Å². The fourth-order valence-electron chi connectivity index (χ4n) is 2.31. The highest BCUT2D eigenvalue weighted by atomic mass is 16.5. The van der Waals surface area contributed by atoms with Crippen LogP contribution >= 0.6 is 0 Å². The van der Waals surface area contributed by atoms with Crippen molar-refractivity contribution >= 4 is 0 Å². The van der Waals surface area contributed by atoms with E-state index in [1.165, 1.54) is 5.56 Å². The third-order valence-electron chi connectivity index (χ3n) is 3.36. The number of benzene rings is 1. The van der Waals surface area contributed by atoms with E-state index in [0.717, 1.165) is 30.6 Å². The van der Waals surface area contributed by atoms with Crippen LogP contribution < -0.4 is 10.5 Å². The van der Waals surface area contributed by atoms with E-state index < -0.39 is 0 Å². The number of pyridine rings is 1. The SMILES string of the molecule is CC(C)Oc1cncc(C(N)CCCc2ccccc2)c1. The molecule has 1 heterocycles. The Bertz CT molecular complexity index is 540. The summed E-state index contributed by atoms with van der Waals surface area (Å²) in [6.45, 7) is 4.01. The number of hydrogen-bond donors (Lipinski definition) is 1. The first-order valence-electron chi connectivity index (χ1n) is 7.56. The Morgan fingerprint density at radius 1 is 1.14 bits per heavy atom. The van der Waals surface area contributed by atoms with Crippen LogP contribution in [0.25, 0.3) is 0 Å². The summed E-state index contributed by atoms with van der Waals surface area (Å²) >= 11 is 0. The molecule has 1 aromatic heterocycles. The predicted octanol–water partition coefficient (Wildman–Crippen LogP) is 3.89. The summed E-state index contributed by atoms with van der Waals surface area (Å²) < 4.78 is 5.66. The van der Waals surface area contributed by atoms with E-state index in [0.29, 0.717) is 0 Å². The quantitative estimate of drug-likeness (QED) is 0.839. The van der Waals surface area contributed by atoms with E-state index in [-0.39, 0.29) is 12.1 Å². The van der Waals surface area contributed by atoms with Crippen LogP contribution in [-0.4, -0.2) is 11.1 Å². The summed E-state index contributed by atoms with van der Waals surface area (Å²) in [6.07, 6.45) is 6.80. The van der Waals surface area contributed by atoms with Crippen LogP contribution in [0.2, 0.25) is 0 Å². The van der Waals surface area contributed by atoms with Gasteiger partial charge in [0.15, 0.2) is 0 Å². The topological polar surface area (TPSA) is 48.1 Å². The molecule has 0 amide bonds. The van der Waals surface area contributed by atoms with Crippen molar-refractivity contribution in [3.8, 4) is 5.75 Å². The summed E-state index contributed by atoms with van der Waals surface area (Å²) in [6, 6.07) is 12.5. The molecule has 0 fully saturated rings. The summed E-state index contributed by atoms with van der Waals surface area (Å²) in [5, 5.41) is 0. The first kappa shape index (κ1) is 15.5. The van der Waals surface area contributed by atoms with E-state index in [1.807, 2.05) is 32.2 Å². The molecular weight excluding hydrogens is 260 g/mol. The van der Waals surface area contributed by atoms with Crippen molar-refractivity contribution in [1.29, 1.82) is 0 Å². The van der Waals surface area contributed by atoms with Crippen LogP contribution in [0.1, 0.15) is 43.9 Å². The number of nitrogens with zero attached hydrogens (tertiary/aromatic N) is 1. The molecule has 2 rings (SSSR count). The van der Waals surface area contributed by atoms with Crippen molar-refractivity contribution in [2.24, 2.45) is 5.73 Å². The normalized spacial score (nSPS) is 12.4. The third kappa shape index (κ3) is 5.20. The van der Waals surface area contributed by atoms with Gasteiger partial charge in [-0.25, -0.2) is 0 Å². The minimum absolute atomic E-state index is 0.0110. The smallest absolute Gasteiger partial charge is 0.138 e. The molecule has 21 heavy (non-hydrogen) atoms. The molecule has 0 aliphatic heterocycles. The van der Waals surface area contributed by atoms with Gasteiger partial charge in [0.05, 0.1) is 12.3 Å². The van der Waals surface area contributed by atoms with E-state index in [9.17, 15) is 0 Å². The molecule has 0 spiro atoms. The van der Waals surface area contributed by atoms with Crippen LogP contribution in [0.15, 0.2) is 48.8 Å². The largest absolute Gasteiger partial charge is 0.489 e. The summed E-state index contributed by atoms with van der Waals surface area (Å²) in [5.41, 5.74) is 8.67. The van der Waals surface area contributed by atoms with E-state index >= 15 is 0 Å². The molecule has 2 aromatic rings. The fraction of sp³-hybridized carbons (Fsp3) is 0.389. The van der Waals surface area contributed by atoms with Gasteiger partial charge < -0.3 is 10.5 Å². The zero-order valence-electron chi connectivity index (χ0n) is 12.8. The Morgan fingerprint density at radius 2 is 1.90 bits per heavy atom. The number of ether oxygens (including phenoxy) is 1. The van der Waals surface area contributed by atoms with Gasteiger partial charge in [-0.3, -0.25) is 4.98 Å². The Labute approximate surface area is 127 Å². The van der Waals surface area contributed by atoms with Gasteiger partial charge in [0, 0.05) is 12.2 Å². The maximum Gasteiger partial charge on any atom is 0.138 e. The fourth-order valence-corrected chi connectivity index (χ4v) is 2.31. The summed E-state index contributed by atoms with van der Waals surface area (Å²) in [5.74, 6) is 0.793. The molecule has 112 valence electrons. The monoisotopic (exact) mass is 284 g/mol. The lowest BCUT2D eigenvalue weighted by Gasteiger charge is -2.14. The predicted molar refractivity (Wildman–Crippen MR) is 86.3 cm³/mol. The van der Waals surface area contributed by atoms with Crippen LogP contribution in [0.3, 0.4) is 0 Å². The van der Waals surface area contributed by atoms with Gasteiger partial charge in [0.2, 0.25) is 0 Å². The van der Waals surface area contributed by atoms with Gasteiger partial charge in [0.25, 0.3) is 0 Å². The van der Waals surface area contributed by atoms with Crippen molar-refractivity contribution in [3.63, 3.8) is 0 Å². The van der Waals surface area contributed by atoms with Crippen molar-refractivity contribution in [2.75, 3.05) is 0 Å². The maximum atomic E-state index is 6.26. The number of aryl methyl sites for hydroxylation is 1. The number of hydrogen-bond acceptors (Lipinski definition) is 3. The summed E-state index contributed by atoms with van der Waals surface area (Å²) in [7, 11) is 0. The van der Waals surface area contributed by atoms with Gasteiger partial charge in [0.1, 0.15) is 5.75 Å². The second kappa shape index (κ2) is 7.79. The lowest BCUT2D eigenvalue weighted by Crippen LogP contribution is -2.12. The molecule has 3 heteroatoms. The maximum absolute atomic E-state index is 6.26. The average Bonchev–Trinajstić information content (AvgIpc) is 2.48. The molecular formula is C18H24N2O. The van der Waals surface area contributed by atoms with Crippen molar-refractivity contribution in [1.82, 2.24) is 4.98 Å². The number of aromatic nitrogens is 1. The zero-order valence-corrected chi connectivity index (χ0v) is 12.8. The van der Waals surface area contributed by atoms with Crippen LogP contribution in [0.4, 0.5) is 0 Å². The second-order valence-electron chi connectivity index (χ2n) is 5.60. The first-order valence-corrected chi connectivity index (χ1v) is 7.56. The van der Waals surface area contributed by atoms with Crippen molar-refractivity contribution < 1.29 is 4.74 Å². The van der Waals surface area contributed by atoms with Gasteiger partial charge >= 0.3 is 0 Å². The van der Waals surface area contributed by atoms with Gasteiger partial charge in [-0.2, -0.15) is 0 Å². The molecule has 2 N–H and O–H groups in total. The highest BCUT2D eigenvalue weighted by Gasteiger charge is 2.08. The van der Waals surface area contributed by atoms with Gasteiger partial charge in [-0.05, 0) is 50.3 Å². The lowest BCUT2D eigenvalue weighted by atomic mass is 10.0. The number of nitrogens with two attached hydrogens (primary N) is 1. The molecule has 0 saturated heterocycles. The molecule has 0 bridgehead atoms. The molecule has 0 aliphatic rings. The lowest BCUT2D eigenvalue weighted by molar-refractivity contribution is 0.241. The van der Waals surface area contributed by atoms with E-state index in [4.69, 9.17) is 10.5 Å². The van der Waals surface area contributed by atoms with Crippen molar-refractivity contribution in [3.05, 3.63) is 59.9 Å². The molecule has 1 atom stereocenters. The Morgan fingerprint density at radius 3 is 2.62 bits per heavy atom. The average molecular weight is 284 g/mol. The van der Waals surface area contributed by atoms with Crippen LogP contribution in [0, 0.1) is 0 Å². The minimum atomic E-state index is 0.0110. The molecule has 3 nitrogen and oxygen atoms in total. The molecule has 0 radical (unpaired) electrons. The molecule has 1 aromatic carbocycles. The summed E-state index contributed by atoms with van der Waals surface area (Å²) in [4.78, 5) is 4.22. The minimum Gasteiger partial charge on any atom is -0.489 e. The molecule has 0 saturated carbocycles. The first-order chi connectivity index (χ1) is 10.1. The molecule has 0 aliphatic carbocycles. The number of rotatable bonds is 7. The molecule has 1 unspecified atom stereocenters. The van der Waals surface area contributed by atoms with Crippen LogP contribution in [-0.2, 0) is 6.42 Å². The highest BCUT2D eigenvalue weighted by molar-refractivity contribution is 5.26. The Kier molecular flexibility index (Phi) is 5.76. The van der Waals surface area contributed by atoms with E-state index in [1.54, 1.807) is 6.20 Å². The van der Waals surface area contributed by atoms with Crippen molar-refractivity contribution in [2.45, 2.75) is 45.3 Å². The highest BCUT2D eigenvalue weighted by Crippen LogP contribution is 2.21. The van der Waals surface area contributed by atoms with E-state index in [2.05, 4.69) is 29.2 Å². The second-order valence-corrected chi connectivity index (χ2v) is 5.60. The van der Waals surface area contributed by atoms with Gasteiger partial charge in [-0.1, -0.05) is 30.3 Å². The Balaban J connectivity index is 1.86. The zero-order chi connectivity index (χ0) is 15.1. The van der Waals surface area contributed by atoms with Crippen LogP contribution in [0.5, 0.6) is 5.75 Å².